The van der Waals surface area contributed by atoms with Crippen LogP contribution in [0.2, 0.25) is 0 Å². The van der Waals surface area contributed by atoms with Gasteiger partial charge in [-0.1, -0.05) is 74.5 Å². The Bertz CT molecular complexity index is 1060. The smallest absolute Gasteiger partial charge is 0.334 e. The maximum Gasteiger partial charge on any atom is 0.357 e. The molecule has 1 N–H and O–H groups in total. The molecule has 0 radical (unpaired) electrons. The average molecular weight is 409 g/mol. The Morgan fingerprint density at radius 3 is 2.28 bits per heavy atom. The van der Waals surface area contributed by atoms with Crippen LogP contribution in [0.3, 0.4) is 0 Å². The number of fused-ring (bicyclic) bond motifs is 1. The fraction of sp³-hybridized carbons (Fsp3) is 0.261. The van der Waals surface area contributed by atoms with E-state index in [1.165, 1.54) is 0 Å². The van der Waals surface area contributed by atoms with Gasteiger partial charge in [0.1, 0.15) is 0 Å². The van der Waals surface area contributed by atoms with E-state index in [-0.39, 0.29) is 11.3 Å². The molecule has 0 aromatic heterocycles. The summed E-state index contributed by atoms with van der Waals surface area (Å²) in [6.07, 6.45) is 0. The molecular weight excluding hydrogens is 385 g/mol. The first-order chi connectivity index (χ1) is 13.9. The van der Waals surface area contributed by atoms with Crippen molar-refractivity contribution in [3.05, 3.63) is 83.9 Å². The van der Waals surface area contributed by atoms with E-state index in [4.69, 9.17) is 9.05 Å². The summed E-state index contributed by atoms with van der Waals surface area (Å²) in [5.41, 5.74) is 0.970. The van der Waals surface area contributed by atoms with Gasteiger partial charge < -0.3 is 14.4 Å². The SMILES string of the molecule is CC1(C)COP(=O)(C(NC(=O)c2ccccc2)c2cccc3ccccc23)OC1. The number of carbonyl (C=O) groups excluding carboxylic acids is 1. The van der Waals surface area contributed by atoms with E-state index in [9.17, 15) is 9.36 Å². The van der Waals surface area contributed by atoms with Crippen molar-refractivity contribution in [2.75, 3.05) is 13.2 Å². The molecule has 0 bridgehead atoms. The maximum atomic E-state index is 13.8. The molecule has 1 heterocycles. The topological polar surface area (TPSA) is 64.6 Å². The molecule has 150 valence electrons. The molecule has 0 aliphatic carbocycles. The van der Waals surface area contributed by atoms with Gasteiger partial charge in [-0.3, -0.25) is 9.36 Å². The van der Waals surface area contributed by atoms with Gasteiger partial charge in [0.2, 0.25) is 0 Å². The van der Waals surface area contributed by atoms with E-state index in [0.717, 1.165) is 16.3 Å². The van der Waals surface area contributed by atoms with Crippen LogP contribution in [0.5, 0.6) is 0 Å². The maximum absolute atomic E-state index is 13.8. The molecule has 5 nitrogen and oxygen atoms in total. The van der Waals surface area contributed by atoms with Crippen LogP contribution < -0.4 is 5.32 Å². The third-order valence-electron chi connectivity index (χ3n) is 5.01. The molecule has 1 atom stereocenters. The Balaban J connectivity index is 1.77. The molecule has 29 heavy (non-hydrogen) atoms. The number of carbonyl (C=O) groups is 1. The van der Waals surface area contributed by atoms with Gasteiger partial charge in [0.05, 0.1) is 13.2 Å². The first-order valence-corrected chi connectivity index (χ1v) is 11.2. The highest BCUT2D eigenvalue weighted by molar-refractivity contribution is 7.54. The van der Waals surface area contributed by atoms with Crippen LogP contribution in [-0.2, 0) is 13.6 Å². The van der Waals surface area contributed by atoms with Crippen LogP contribution in [0.1, 0.15) is 35.6 Å². The molecule has 0 spiro atoms. The van der Waals surface area contributed by atoms with Crippen molar-refractivity contribution in [3.63, 3.8) is 0 Å². The molecule has 1 fully saturated rings. The zero-order valence-corrected chi connectivity index (χ0v) is 17.4. The fourth-order valence-corrected chi connectivity index (χ4v) is 5.64. The summed E-state index contributed by atoms with van der Waals surface area (Å²) in [5.74, 6) is -1.23. The highest BCUT2D eigenvalue weighted by Gasteiger charge is 2.45. The molecule has 1 unspecified atom stereocenters. The van der Waals surface area contributed by atoms with Crippen molar-refractivity contribution in [1.82, 2.24) is 5.32 Å². The van der Waals surface area contributed by atoms with Crippen molar-refractivity contribution in [2.24, 2.45) is 5.41 Å². The van der Waals surface area contributed by atoms with E-state index in [1.54, 1.807) is 24.3 Å². The lowest BCUT2D eigenvalue weighted by molar-refractivity contribution is 0.0362. The minimum absolute atomic E-state index is 0.235. The fourth-order valence-electron chi connectivity index (χ4n) is 3.37. The summed E-state index contributed by atoms with van der Waals surface area (Å²) in [7, 11) is -3.64. The summed E-state index contributed by atoms with van der Waals surface area (Å²) in [4.78, 5) is 12.9. The highest BCUT2D eigenvalue weighted by Crippen LogP contribution is 2.63. The van der Waals surface area contributed by atoms with E-state index >= 15 is 0 Å². The predicted molar refractivity (Wildman–Crippen MR) is 114 cm³/mol. The van der Waals surface area contributed by atoms with E-state index < -0.39 is 13.4 Å². The van der Waals surface area contributed by atoms with Crippen molar-refractivity contribution in [2.45, 2.75) is 19.6 Å². The summed E-state index contributed by atoms with van der Waals surface area (Å²) in [6, 6.07) is 22.4. The highest BCUT2D eigenvalue weighted by atomic mass is 31.2. The van der Waals surface area contributed by atoms with E-state index in [0.29, 0.717) is 18.8 Å². The van der Waals surface area contributed by atoms with Crippen LogP contribution in [0.4, 0.5) is 0 Å². The van der Waals surface area contributed by atoms with Crippen molar-refractivity contribution < 1.29 is 18.4 Å². The molecule has 3 aromatic carbocycles. The van der Waals surface area contributed by atoms with Crippen LogP contribution in [0.15, 0.2) is 72.8 Å². The van der Waals surface area contributed by atoms with Gasteiger partial charge >= 0.3 is 7.60 Å². The Morgan fingerprint density at radius 2 is 1.55 bits per heavy atom. The lowest BCUT2D eigenvalue weighted by atomic mass is 9.97. The second-order valence-corrected chi connectivity index (χ2v) is 10.2. The number of hydrogen-bond donors (Lipinski definition) is 1. The third kappa shape index (κ3) is 4.13. The van der Waals surface area contributed by atoms with Gasteiger partial charge in [-0.2, -0.15) is 0 Å². The van der Waals surface area contributed by atoms with Crippen molar-refractivity contribution in [3.8, 4) is 0 Å². The first-order valence-electron chi connectivity index (χ1n) is 9.60. The summed E-state index contributed by atoms with van der Waals surface area (Å²) >= 11 is 0. The molecule has 3 aromatic rings. The second kappa shape index (κ2) is 7.75. The molecule has 6 heteroatoms. The minimum atomic E-state index is -3.64. The van der Waals surface area contributed by atoms with Gasteiger partial charge in [-0.25, -0.2) is 0 Å². The Labute approximate surface area is 170 Å². The summed E-state index contributed by atoms with van der Waals surface area (Å²) in [6.45, 7) is 4.58. The van der Waals surface area contributed by atoms with Crippen LogP contribution in [0.25, 0.3) is 10.8 Å². The van der Waals surface area contributed by atoms with Gasteiger partial charge in [0.25, 0.3) is 5.91 Å². The number of benzene rings is 3. The van der Waals surface area contributed by atoms with E-state index in [1.807, 2.05) is 62.4 Å². The van der Waals surface area contributed by atoms with Crippen LogP contribution in [0, 0.1) is 5.41 Å². The Morgan fingerprint density at radius 1 is 0.931 bits per heavy atom. The van der Waals surface area contributed by atoms with Gasteiger partial charge in [0, 0.05) is 11.0 Å². The monoisotopic (exact) mass is 409 g/mol. The molecule has 1 amide bonds. The van der Waals surface area contributed by atoms with Gasteiger partial charge in [-0.15, -0.1) is 0 Å². The summed E-state index contributed by atoms with van der Waals surface area (Å²) < 4.78 is 25.4. The van der Waals surface area contributed by atoms with Crippen LogP contribution in [-0.4, -0.2) is 19.1 Å². The zero-order chi connectivity index (χ0) is 20.5. The summed E-state index contributed by atoms with van der Waals surface area (Å²) in [5, 5.41) is 4.82. The van der Waals surface area contributed by atoms with Gasteiger partial charge in [-0.05, 0) is 28.5 Å². The lowest BCUT2D eigenvalue weighted by Gasteiger charge is -2.37. The largest absolute Gasteiger partial charge is 0.357 e. The average Bonchev–Trinajstić information content (AvgIpc) is 2.74. The lowest BCUT2D eigenvalue weighted by Crippen LogP contribution is -2.35. The molecule has 0 saturated carbocycles. The first kappa shape index (κ1) is 19.8. The van der Waals surface area contributed by atoms with Crippen LogP contribution >= 0.6 is 7.60 Å². The standard InChI is InChI=1S/C23H24NO4P/c1-23(2)15-27-29(26,28-16-23)22(24-21(25)18-10-4-3-5-11-18)20-14-8-12-17-9-6-7-13-19(17)20/h3-14,22H,15-16H2,1-2H3,(H,24,25). The Kier molecular flexibility index (Phi) is 5.30. The molecule has 4 rings (SSSR count). The van der Waals surface area contributed by atoms with Gasteiger partial charge in [0.15, 0.2) is 5.78 Å². The molecule has 1 aliphatic heterocycles. The molecular formula is C23H24NO4P. The molecule has 1 saturated heterocycles. The number of nitrogens with one attached hydrogen (secondary N) is 1. The predicted octanol–water partition coefficient (Wildman–Crippen LogP) is 5.53. The third-order valence-corrected chi connectivity index (χ3v) is 7.03. The zero-order valence-electron chi connectivity index (χ0n) is 16.5. The number of hydrogen-bond acceptors (Lipinski definition) is 4. The second-order valence-electron chi connectivity index (χ2n) is 8.06. The number of rotatable bonds is 4. The van der Waals surface area contributed by atoms with E-state index in [2.05, 4.69) is 5.32 Å². The molecule has 1 aliphatic rings. The minimum Gasteiger partial charge on any atom is -0.334 e. The quantitative estimate of drug-likeness (QED) is 0.575. The Hall–Kier alpha value is -2.46. The number of amides is 1. The normalized spacial score (nSPS) is 18.8. The van der Waals surface area contributed by atoms with Crippen molar-refractivity contribution >= 4 is 24.3 Å². The van der Waals surface area contributed by atoms with Crippen molar-refractivity contribution in [1.29, 1.82) is 0 Å².